The molecule has 0 heterocycles. The Bertz CT molecular complexity index is 458. The van der Waals surface area contributed by atoms with Crippen molar-refractivity contribution in [3.8, 4) is 0 Å². The topological polar surface area (TPSA) is 58.6 Å². The van der Waals surface area contributed by atoms with Crippen LogP contribution in [0.2, 0.25) is 0 Å². The van der Waals surface area contributed by atoms with E-state index in [1.807, 2.05) is 19.9 Å². The van der Waals surface area contributed by atoms with Crippen LogP contribution in [0.15, 0.2) is 22.7 Å². The molecule has 0 saturated carbocycles. The number of carbonyl (C=O) groups excluding carboxylic acids is 1. The van der Waals surface area contributed by atoms with Crippen molar-refractivity contribution in [3.05, 3.63) is 33.8 Å². The summed E-state index contributed by atoms with van der Waals surface area (Å²) in [5.41, 5.74) is 1.15. The molecule has 0 amide bonds. The van der Waals surface area contributed by atoms with E-state index in [0.29, 0.717) is 12.1 Å². The van der Waals surface area contributed by atoms with Gasteiger partial charge in [-0.15, -0.1) is 0 Å². The normalized spacial score (nSPS) is 13.2. The van der Waals surface area contributed by atoms with Gasteiger partial charge < -0.3 is 15.2 Å². The summed E-state index contributed by atoms with van der Waals surface area (Å²) in [5, 5.41) is 12.9. The first-order valence-corrected chi connectivity index (χ1v) is 6.87. The Kier molecular flexibility index (Phi) is 5.52. The van der Waals surface area contributed by atoms with Crippen LogP contribution in [-0.2, 0) is 11.3 Å². The molecule has 0 saturated heterocycles. The monoisotopic (exact) mass is 329 g/mol. The van der Waals surface area contributed by atoms with Crippen LogP contribution in [0.25, 0.3) is 0 Å². The smallest absolute Gasteiger partial charge is 0.337 e. The molecule has 0 spiro atoms. The minimum Gasteiger partial charge on any atom is -0.465 e. The molecule has 0 aliphatic carbocycles. The molecule has 0 bridgehead atoms. The van der Waals surface area contributed by atoms with Crippen LogP contribution >= 0.6 is 15.9 Å². The summed E-state index contributed by atoms with van der Waals surface area (Å²) in [6.45, 7) is 6.23. The summed E-state index contributed by atoms with van der Waals surface area (Å²) in [4.78, 5) is 11.4. The van der Waals surface area contributed by atoms with Crippen LogP contribution in [0.1, 0.15) is 36.7 Å². The lowest BCUT2D eigenvalue weighted by Gasteiger charge is -2.29. The van der Waals surface area contributed by atoms with Gasteiger partial charge in [0.25, 0.3) is 0 Å². The van der Waals surface area contributed by atoms with Crippen molar-refractivity contribution in [2.24, 2.45) is 0 Å². The molecule has 0 aromatic heterocycles. The highest BCUT2D eigenvalue weighted by Crippen LogP contribution is 2.20. The molecule has 4 nitrogen and oxygen atoms in total. The van der Waals surface area contributed by atoms with E-state index in [-0.39, 0.29) is 11.5 Å². The van der Waals surface area contributed by atoms with Crippen LogP contribution < -0.4 is 5.32 Å². The Morgan fingerprint density at radius 2 is 2.16 bits per heavy atom. The maximum atomic E-state index is 11.4. The molecule has 0 fully saturated rings. The first-order chi connectivity index (χ1) is 8.77. The fourth-order valence-electron chi connectivity index (χ4n) is 1.41. The third-order valence-corrected chi connectivity index (χ3v) is 3.99. The predicted octanol–water partition coefficient (Wildman–Crippen LogP) is 2.48. The van der Waals surface area contributed by atoms with Gasteiger partial charge in [0.1, 0.15) is 0 Å². The number of rotatable bonds is 5. The second kappa shape index (κ2) is 6.50. The van der Waals surface area contributed by atoms with Crippen LogP contribution in [0.4, 0.5) is 0 Å². The molecule has 1 aromatic carbocycles. The van der Waals surface area contributed by atoms with Gasteiger partial charge in [-0.3, -0.25) is 0 Å². The summed E-state index contributed by atoms with van der Waals surface area (Å²) < 4.78 is 5.51. The lowest BCUT2D eigenvalue weighted by Crippen LogP contribution is -2.47. The number of hydrogen-bond acceptors (Lipinski definition) is 4. The second-order valence-corrected chi connectivity index (χ2v) is 5.90. The van der Waals surface area contributed by atoms with Gasteiger partial charge in [-0.1, -0.05) is 22.0 Å². The molecule has 0 aliphatic rings. The fourth-order valence-corrected chi connectivity index (χ4v) is 1.93. The largest absolute Gasteiger partial charge is 0.465 e. The van der Waals surface area contributed by atoms with Crippen molar-refractivity contribution >= 4 is 21.9 Å². The maximum Gasteiger partial charge on any atom is 0.337 e. The van der Waals surface area contributed by atoms with E-state index in [0.717, 1.165) is 10.0 Å². The highest BCUT2D eigenvalue weighted by molar-refractivity contribution is 9.10. The Morgan fingerprint density at radius 3 is 2.63 bits per heavy atom. The van der Waals surface area contributed by atoms with Crippen LogP contribution in [0.3, 0.4) is 0 Å². The van der Waals surface area contributed by atoms with E-state index < -0.39 is 6.10 Å². The number of halogens is 1. The Balaban J connectivity index is 2.79. The summed E-state index contributed by atoms with van der Waals surface area (Å²) in [7, 11) is 1.36. The van der Waals surface area contributed by atoms with E-state index in [1.54, 1.807) is 19.1 Å². The van der Waals surface area contributed by atoms with Gasteiger partial charge in [-0.2, -0.15) is 0 Å². The van der Waals surface area contributed by atoms with E-state index in [1.165, 1.54) is 7.11 Å². The van der Waals surface area contributed by atoms with E-state index >= 15 is 0 Å². The zero-order chi connectivity index (χ0) is 14.6. The van der Waals surface area contributed by atoms with Crippen LogP contribution in [-0.4, -0.2) is 29.8 Å². The van der Waals surface area contributed by atoms with E-state index in [9.17, 15) is 9.90 Å². The molecule has 0 radical (unpaired) electrons. The number of nitrogens with one attached hydrogen (secondary N) is 1. The predicted molar refractivity (Wildman–Crippen MR) is 78.1 cm³/mol. The van der Waals surface area contributed by atoms with Crippen LogP contribution in [0.5, 0.6) is 0 Å². The zero-order valence-corrected chi connectivity index (χ0v) is 13.2. The van der Waals surface area contributed by atoms with Gasteiger partial charge in [0, 0.05) is 16.6 Å². The van der Waals surface area contributed by atoms with Crippen molar-refractivity contribution in [1.29, 1.82) is 0 Å². The average Bonchev–Trinajstić information content (AvgIpc) is 2.36. The quantitative estimate of drug-likeness (QED) is 0.815. The van der Waals surface area contributed by atoms with Crippen molar-refractivity contribution in [2.75, 3.05) is 7.11 Å². The van der Waals surface area contributed by atoms with Gasteiger partial charge in [-0.25, -0.2) is 4.79 Å². The molecule has 1 aromatic rings. The summed E-state index contributed by atoms with van der Waals surface area (Å²) >= 11 is 3.44. The highest BCUT2D eigenvalue weighted by Gasteiger charge is 2.23. The molecule has 1 rings (SSSR count). The molecule has 5 heteroatoms. The van der Waals surface area contributed by atoms with Crippen LogP contribution in [0, 0.1) is 0 Å². The lowest BCUT2D eigenvalue weighted by atomic mass is 9.98. The number of carbonyl (C=O) groups is 1. The van der Waals surface area contributed by atoms with Gasteiger partial charge in [0.15, 0.2) is 0 Å². The zero-order valence-electron chi connectivity index (χ0n) is 11.7. The van der Waals surface area contributed by atoms with Crippen molar-refractivity contribution in [3.63, 3.8) is 0 Å². The molecule has 1 atom stereocenters. The Labute approximate surface area is 122 Å². The number of aliphatic hydroxyl groups excluding tert-OH is 1. The van der Waals surface area contributed by atoms with Gasteiger partial charge in [0.05, 0.1) is 18.8 Å². The molecule has 19 heavy (non-hydrogen) atoms. The summed E-state index contributed by atoms with van der Waals surface area (Å²) in [6, 6.07) is 5.32. The number of aliphatic hydroxyl groups is 1. The Hall–Kier alpha value is -0.910. The molecule has 2 N–H and O–H groups in total. The Morgan fingerprint density at radius 1 is 1.53 bits per heavy atom. The molecular formula is C14H20BrNO3. The number of esters is 1. The van der Waals surface area contributed by atoms with Gasteiger partial charge >= 0.3 is 5.97 Å². The highest BCUT2D eigenvalue weighted by atomic mass is 79.9. The van der Waals surface area contributed by atoms with Gasteiger partial charge in [0.2, 0.25) is 0 Å². The molecule has 106 valence electrons. The van der Waals surface area contributed by atoms with Gasteiger partial charge in [-0.05, 0) is 38.5 Å². The third-order valence-electron chi connectivity index (χ3n) is 3.25. The van der Waals surface area contributed by atoms with Crippen molar-refractivity contribution in [2.45, 2.75) is 39.0 Å². The SMILES string of the molecule is COC(=O)c1ccc(CNC(C)(C)C(C)O)c(Br)c1. The minimum atomic E-state index is -0.458. The van der Waals surface area contributed by atoms with E-state index in [2.05, 4.69) is 26.0 Å². The fraction of sp³-hybridized carbons (Fsp3) is 0.500. The molecule has 1 unspecified atom stereocenters. The standard InChI is InChI=1S/C14H20BrNO3/c1-9(17)14(2,3)16-8-11-6-5-10(7-12(11)15)13(18)19-4/h5-7,9,16-17H,8H2,1-4H3. The third kappa shape index (κ3) is 4.30. The lowest BCUT2D eigenvalue weighted by molar-refractivity contribution is 0.0600. The van der Waals surface area contributed by atoms with Crippen molar-refractivity contribution in [1.82, 2.24) is 5.32 Å². The summed E-state index contributed by atoms with van der Waals surface area (Å²) in [6.07, 6.45) is -0.458. The number of hydrogen-bond donors (Lipinski definition) is 2. The number of ether oxygens (including phenoxy) is 1. The minimum absolute atomic E-state index is 0.357. The number of methoxy groups -OCH3 is 1. The first kappa shape index (κ1) is 16.1. The maximum absolute atomic E-state index is 11.4. The number of benzene rings is 1. The first-order valence-electron chi connectivity index (χ1n) is 6.07. The molecular weight excluding hydrogens is 310 g/mol. The summed E-state index contributed by atoms with van der Waals surface area (Å²) in [5.74, 6) is -0.357. The second-order valence-electron chi connectivity index (χ2n) is 5.05. The van der Waals surface area contributed by atoms with E-state index in [4.69, 9.17) is 0 Å². The average molecular weight is 330 g/mol. The van der Waals surface area contributed by atoms with Crippen molar-refractivity contribution < 1.29 is 14.6 Å². The molecule has 0 aliphatic heterocycles.